The highest BCUT2D eigenvalue weighted by Crippen LogP contribution is 2.18. The molecular formula is C17H20N2O2. The zero-order valence-corrected chi connectivity index (χ0v) is 12.3. The van der Waals surface area contributed by atoms with E-state index in [1.54, 1.807) is 0 Å². The van der Waals surface area contributed by atoms with Gasteiger partial charge in [-0.25, -0.2) is 0 Å². The number of carboxylic acids is 1. The van der Waals surface area contributed by atoms with Crippen molar-refractivity contribution in [2.45, 2.75) is 12.6 Å². The van der Waals surface area contributed by atoms with Gasteiger partial charge in [0.2, 0.25) is 0 Å². The minimum absolute atomic E-state index is 0.521. The summed E-state index contributed by atoms with van der Waals surface area (Å²) in [5.41, 5.74) is 2.86. The number of carbonyl (C=O) groups is 1. The Morgan fingerprint density at radius 1 is 1.10 bits per heavy atom. The van der Waals surface area contributed by atoms with Crippen LogP contribution in [0.1, 0.15) is 17.2 Å². The molecule has 2 rings (SSSR count). The van der Waals surface area contributed by atoms with Gasteiger partial charge in [0, 0.05) is 26.3 Å². The number of carboxylic acid groups (broad SMARTS) is 1. The predicted molar refractivity (Wildman–Crippen MR) is 84.4 cm³/mol. The van der Waals surface area contributed by atoms with Gasteiger partial charge in [-0.2, -0.15) is 0 Å². The first kappa shape index (κ1) is 15.1. The van der Waals surface area contributed by atoms with Gasteiger partial charge in [-0.05, 0) is 23.3 Å². The Kier molecular flexibility index (Phi) is 4.95. The van der Waals surface area contributed by atoms with Crippen molar-refractivity contribution in [1.82, 2.24) is 5.32 Å². The van der Waals surface area contributed by atoms with E-state index in [-0.39, 0.29) is 0 Å². The molecule has 2 aromatic carbocycles. The summed E-state index contributed by atoms with van der Waals surface area (Å²) in [6.07, 6.45) is 0. The number of benzene rings is 2. The highest BCUT2D eigenvalue weighted by Gasteiger charge is 2.19. The topological polar surface area (TPSA) is 52.6 Å². The first-order valence-corrected chi connectivity index (χ1v) is 6.85. The second kappa shape index (κ2) is 6.90. The smallest absolute Gasteiger partial charge is 0.325 e. The molecule has 2 aromatic rings. The molecule has 21 heavy (non-hydrogen) atoms. The standard InChI is InChI=1S/C17H20N2O2/c1-19(2)15-10-8-14(9-11-15)16(17(20)21)18-12-13-6-4-3-5-7-13/h3-11,16,18H,12H2,1-2H3,(H,20,21). The van der Waals surface area contributed by atoms with E-state index in [1.165, 1.54) is 0 Å². The molecular weight excluding hydrogens is 264 g/mol. The lowest BCUT2D eigenvalue weighted by Gasteiger charge is -2.17. The van der Waals surface area contributed by atoms with Crippen LogP contribution in [0.5, 0.6) is 0 Å². The second-order valence-corrected chi connectivity index (χ2v) is 5.12. The van der Waals surface area contributed by atoms with Gasteiger partial charge < -0.3 is 10.0 Å². The normalized spacial score (nSPS) is 11.9. The summed E-state index contributed by atoms with van der Waals surface area (Å²) in [5, 5.41) is 12.5. The number of rotatable bonds is 6. The fourth-order valence-corrected chi connectivity index (χ4v) is 2.13. The van der Waals surface area contributed by atoms with Gasteiger partial charge in [0.1, 0.15) is 6.04 Å². The lowest BCUT2D eigenvalue weighted by Crippen LogP contribution is -2.28. The van der Waals surface area contributed by atoms with Crippen molar-refractivity contribution in [3.05, 3.63) is 65.7 Å². The maximum atomic E-state index is 11.5. The number of aliphatic carboxylic acids is 1. The van der Waals surface area contributed by atoms with E-state index in [1.807, 2.05) is 73.6 Å². The van der Waals surface area contributed by atoms with Crippen molar-refractivity contribution in [3.8, 4) is 0 Å². The Hall–Kier alpha value is -2.33. The number of anilines is 1. The molecule has 2 N–H and O–H groups in total. The van der Waals surface area contributed by atoms with Crippen LogP contribution in [-0.4, -0.2) is 25.2 Å². The second-order valence-electron chi connectivity index (χ2n) is 5.12. The molecule has 0 aliphatic carbocycles. The van der Waals surface area contributed by atoms with Gasteiger partial charge in [-0.1, -0.05) is 42.5 Å². The van der Waals surface area contributed by atoms with Crippen LogP contribution >= 0.6 is 0 Å². The quantitative estimate of drug-likeness (QED) is 0.856. The SMILES string of the molecule is CN(C)c1ccc(C(NCc2ccccc2)C(=O)O)cc1. The number of nitrogens with zero attached hydrogens (tertiary/aromatic N) is 1. The summed E-state index contributed by atoms with van der Waals surface area (Å²) in [7, 11) is 3.91. The van der Waals surface area contributed by atoms with Crippen LogP contribution in [0.4, 0.5) is 5.69 Å². The zero-order valence-electron chi connectivity index (χ0n) is 12.3. The number of hydrogen-bond acceptors (Lipinski definition) is 3. The first-order valence-electron chi connectivity index (χ1n) is 6.85. The molecule has 0 saturated carbocycles. The van der Waals surface area contributed by atoms with Crippen LogP contribution in [0, 0.1) is 0 Å². The molecule has 4 heteroatoms. The summed E-state index contributed by atoms with van der Waals surface area (Å²) in [6.45, 7) is 0.521. The maximum absolute atomic E-state index is 11.5. The zero-order chi connectivity index (χ0) is 15.2. The molecule has 4 nitrogen and oxygen atoms in total. The third-order valence-electron chi connectivity index (χ3n) is 3.34. The van der Waals surface area contributed by atoms with Crippen LogP contribution in [-0.2, 0) is 11.3 Å². The molecule has 0 amide bonds. The highest BCUT2D eigenvalue weighted by molar-refractivity contribution is 5.75. The fraction of sp³-hybridized carbons (Fsp3) is 0.235. The van der Waals surface area contributed by atoms with Crippen molar-refractivity contribution >= 4 is 11.7 Å². The molecule has 0 heterocycles. The average molecular weight is 284 g/mol. The van der Waals surface area contributed by atoms with Gasteiger partial charge in [0.05, 0.1) is 0 Å². The minimum atomic E-state index is -0.872. The van der Waals surface area contributed by atoms with Crippen LogP contribution in [0.3, 0.4) is 0 Å². The van der Waals surface area contributed by atoms with Crippen LogP contribution in [0.2, 0.25) is 0 Å². The van der Waals surface area contributed by atoms with Crippen LogP contribution < -0.4 is 10.2 Å². The monoisotopic (exact) mass is 284 g/mol. The Morgan fingerprint density at radius 2 is 1.71 bits per heavy atom. The Bertz CT molecular complexity index is 579. The van der Waals surface area contributed by atoms with Crippen LogP contribution in [0.15, 0.2) is 54.6 Å². The van der Waals surface area contributed by atoms with Crippen molar-refractivity contribution in [2.75, 3.05) is 19.0 Å². The minimum Gasteiger partial charge on any atom is -0.480 e. The van der Waals surface area contributed by atoms with Gasteiger partial charge in [0.25, 0.3) is 0 Å². The fourth-order valence-electron chi connectivity index (χ4n) is 2.13. The first-order chi connectivity index (χ1) is 10.1. The van der Waals surface area contributed by atoms with Crippen molar-refractivity contribution in [2.24, 2.45) is 0 Å². The summed E-state index contributed by atoms with van der Waals surface area (Å²) in [5.74, 6) is -0.872. The maximum Gasteiger partial charge on any atom is 0.325 e. The molecule has 0 spiro atoms. The predicted octanol–water partition coefficient (Wildman–Crippen LogP) is 2.67. The van der Waals surface area contributed by atoms with Gasteiger partial charge >= 0.3 is 5.97 Å². The summed E-state index contributed by atoms with van der Waals surface area (Å²) >= 11 is 0. The van der Waals surface area contributed by atoms with Crippen molar-refractivity contribution in [3.63, 3.8) is 0 Å². The Labute approximate surface area is 125 Å². The molecule has 0 aliphatic rings. The number of nitrogens with one attached hydrogen (secondary N) is 1. The molecule has 0 aromatic heterocycles. The lowest BCUT2D eigenvalue weighted by atomic mass is 10.1. The van der Waals surface area contributed by atoms with E-state index in [2.05, 4.69) is 5.32 Å². The lowest BCUT2D eigenvalue weighted by molar-refractivity contribution is -0.139. The summed E-state index contributed by atoms with van der Waals surface area (Å²) in [4.78, 5) is 13.5. The van der Waals surface area contributed by atoms with Crippen molar-refractivity contribution in [1.29, 1.82) is 0 Å². The van der Waals surface area contributed by atoms with Gasteiger partial charge in [-0.15, -0.1) is 0 Å². The largest absolute Gasteiger partial charge is 0.480 e. The van der Waals surface area contributed by atoms with E-state index in [4.69, 9.17) is 0 Å². The van der Waals surface area contributed by atoms with Crippen molar-refractivity contribution < 1.29 is 9.90 Å². The average Bonchev–Trinajstić information content (AvgIpc) is 2.48. The Balaban J connectivity index is 2.10. The summed E-state index contributed by atoms with van der Waals surface area (Å²) < 4.78 is 0. The molecule has 0 saturated heterocycles. The van der Waals surface area contributed by atoms with Crippen LogP contribution in [0.25, 0.3) is 0 Å². The third-order valence-corrected chi connectivity index (χ3v) is 3.34. The van der Waals surface area contributed by atoms with E-state index in [0.29, 0.717) is 6.54 Å². The van der Waals surface area contributed by atoms with Gasteiger partial charge in [0.15, 0.2) is 0 Å². The molecule has 0 aliphatic heterocycles. The van der Waals surface area contributed by atoms with Gasteiger partial charge in [-0.3, -0.25) is 10.1 Å². The van der Waals surface area contributed by atoms with E-state index >= 15 is 0 Å². The van der Waals surface area contributed by atoms with E-state index < -0.39 is 12.0 Å². The summed E-state index contributed by atoms with van der Waals surface area (Å²) in [6, 6.07) is 16.6. The number of hydrogen-bond donors (Lipinski definition) is 2. The third kappa shape index (κ3) is 4.07. The molecule has 110 valence electrons. The molecule has 0 radical (unpaired) electrons. The Morgan fingerprint density at radius 3 is 2.24 bits per heavy atom. The van der Waals surface area contributed by atoms with E-state index in [9.17, 15) is 9.90 Å². The molecule has 1 unspecified atom stereocenters. The molecule has 1 atom stereocenters. The van der Waals surface area contributed by atoms with E-state index in [0.717, 1.165) is 16.8 Å². The highest BCUT2D eigenvalue weighted by atomic mass is 16.4. The molecule has 0 bridgehead atoms. The molecule has 0 fully saturated rings.